The summed E-state index contributed by atoms with van der Waals surface area (Å²) >= 11 is 0. The highest BCUT2D eigenvalue weighted by Crippen LogP contribution is 2.20. The molecule has 0 spiro atoms. The van der Waals surface area contributed by atoms with Crippen molar-refractivity contribution in [1.82, 2.24) is 9.80 Å². The van der Waals surface area contributed by atoms with Crippen molar-refractivity contribution in [3.8, 4) is 0 Å². The van der Waals surface area contributed by atoms with E-state index in [-0.39, 0.29) is 6.61 Å². The van der Waals surface area contributed by atoms with Crippen LogP contribution in [-0.2, 0) is 4.79 Å². The van der Waals surface area contributed by atoms with E-state index in [0.717, 1.165) is 39.0 Å². The Balaban J connectivity index is 1.76. The zero-order valence-corrected chi connectivity index (χ0v) is 7.78. The fourth-order valence-electron chi connectivity index (χ4n) is 2.12. The first kappa shape index (κ1) is 8.97. The molecule has 4 nitrogen and oxygen atoms in total. The van der Waals surface area contributed by atoms with Crippen LogP contribution in [0.1, 0.15) is 12.8 Å². The third kappa shape index (κ3) is 1.69. The van der Waals surface area contributed by atoms with Gasteiger partial charge in [0.15, 0.2) is 0 Å². The lowest BCUT2D eigenvalue weighted by Gasteiger charge is -2.43. The molecule has 1 N–H and O–H groups in total. The van der Waals surface area contributed by atoms with E-state index in [0.29, 0.717) is 11.9 Å². The summed E-state index contributed by atoms with van der Waals surface area (Å²) in [4.78, 5) is 15.5. The Morgan fingerprint density at radius 3 is 2.77 bits per heavy atom. The number of likely N-dealkylation sites (tertiary alicyclic amines) is 2. The van der Waals surface area contributed by atoms with Gasteiger partial charge in [-0.15, -0.1) is 0 Å². The molecule has 2 aliphatic heterocycles. The minimum Gasteiger partial charge on any atom is -0.395 e. The number of nitrogens with zero attached hydrogens (tertiary/aromatic N) is 2. The van der Waals surface area contributed by atoms with Gasteiger partial charge in [0.05, 0.1) is 12.6 Å². The first-order valence-electron chi connectivity index (χ1n) is 4.94. The molecule has 2 heterocycles. The van der Waals surface area contributed by atoms with Crippen LogP contribution in [0, 0.1) is 0 Å². The molecule has 0 atom stereocenters. The second-order valence-corrected chi connectivity index (χ2v) is 3.83. The maximum Gasteiger partial charge on any atom is 0.222 e. The molecule has 74 valence electrons. The molecule has 13 heavy (non-hydrogen) atoms. The van der Waals surface area contributed by atoms with Crippen LogP contribution in [0.15, 0.2) is 0 Å². The number of hydrogen-bond acceptors (Lipinski definition) is 3. The number of carbonyl (C=O) groups excluding carboxylic acids is 1. The molecule has 2 rings (SSSR count). The number of β-amino-alcohol motifs (C(OH)–C–C–N with tert-alkyl or cyclic N) is 1. The van der Waals surface area contributed by atoms with Gasteiger partial charge in [-0.05, 0) is 6.42 Å². The van der Waals surface area contributed by atoms with E-state index in [2.05, 4.69) is 4.90 Å². The summed E-state index contributed by atoms with van der Waals surface area (Å²) in [6.07, 6.45) is 1.76. The van der Waals surface area contributed by atoms with Crippen molar-refractivity contribution in [2.75, 3.05) is 32.8 Å². The van der Waals surface area contributed by atoms with Crippen LogP contribution in [0.3, 0.4) is 0 Å². The van der Waals surface area contributed by atoms with E-state index in [9.17, 15) is 4.79 Å². The smallest absolute Gasteiger partial charge is 0.222 e. The SMILES string of the molecule is O=C1CCCN1C1CN(CCO)C1. The fourth-order valence-corrected chi connectivity index (χ4v) is 2.12. The average Bonchev–Trinajstić information content (AvgIpc) is 2.43. The predicted molar refractivity (Wildman–Crippen MR) is 48.3 cm³/mol. The Hall–Kier alpha value is -0.610. The molecule has 0 radical (unpaired) electrons. The van der Waals surface area contributed by atoms with Gasteiger partial charge in [0.1, 0.15) is 0 Å². The van der Waals surface area contributed by atoms with Crippen LogP contribution in [-0.4, -0.2) is 59.6 Å². The topological polar surface area (TPSA) is 43.8 Å². The van der Waals surface area contributed by atoms with Crippen LogP contribution in [0.25, 0.3) is 0 Å². The molecular weight excluding hydrogens is 168 g/mol. The Morgan fingerprint density at radius 2 is 2.23 bits per heavy atom. The number of rotatable bonds is 3. The Kier molecular flexibility index (Phi) is 2.51. The Morgan fingerprint density at radius 1 is 1.46 bits per heavy atom. The number of aliphatic hydroxyl groups excluding tert-OH is 1. The average molecular weight is 184 g/mol. The minimum atomic E-state index is 0.223. The van der Waals surface area contributed by atoms with Crippen LogP contribution in [0.5, 0.6) is 0 Å². The number of hydrogen-bond donors (Lipinski definition) is 1. The molecule has 2 aliphatic rings. The van der Waals surface area contributed by atoms with Crippen LogP contribution < -0.4 is 0 Å². The molecule has 0 saturated carbocycles. The van der Waals surface area contributed by atoms with Crippen LogP contribution >= 0.6 is 0 Å². The van der Waals surface area contributed by atoms with Gasteiger partial charge in [-0.3, -0.25) is 9.69 Å². The van der Waals surface area contributed by atoms with E-state index in [4.69, 9.17) is 5.11 Å². The van der Waals surface area contributed by atoms with Gasteiger partial charge in [-0.1, -0.05) is 0 Å². The first-order valence-corrected chi connectivity index (χ1v) is 4.94. The van der Waals surface area contributed by atoms with E-state index in [1.807, 2.05) is 4.90 Å². The molecule has 0 aromatic heterocycles. The Labute approximate surface area is 78.1 Å². The van der Waals surface area contributed by atoms with Crippen molar-refractivity contribution in [1.29, 1.82) is 0 Å². The van der Waals surface area contributed by atoms with Crippen LogP contribution in [0.2, 0.25) is 0 Å². The predicted octanol–water partition coefficient (Wildman–Crippen LogP) is -0.715. The molecule has 0 bridgehead atoms. The number of amides is 1. The van der Waals surface area contributed by atoms with E-state index in [1.165, 1.54) is 0 Å². The zero-order chi connectivity index (χ0) is 9.26. The van der Waals surface area contributed by atoms with E-state index >= 15 is 0 Å². The summed E-state index contributed by atoms with van der Waals surface area (Å²) in [6, 6.07) is 0.432. The monoisotopic (exact) mass is 184 g/mol. The highest BCUT2D eigenvalue weighted by Gasteiger charge is 2.35. The second kappa shape index (κ2) is 3.64. The highest BCUT2D eigenvalue weighted by atomic mass is 16.3. The summed E-state index contributed by atoms with van der Waals surface area (Å²) in [5, 5.41) is 8.68. The summed E-state index contributed by atoms with van der Waals surface area (Å²) in [6.45, 7) is 3.81. The number of carbonyl (C=O) groups is 1. The van der Waals surface area contributed by atoms with Crippen molar-refractivity contribution in [2.45, 2.75) is 18.9 Å². The minimum absolute atomic E-state index is 0.223. The molecule has 1 amide bonds. The number of aliphatic hydroxyl groups is 1. The lowest BCUT2D eigenvalue weighted by Crippen LogP contribution is -2.60. The van der Waals surface area contributed by atoms with E-state index < -0.39 is 0 Å². The van der Waals surface area contributed by atoms with Gasteiger partial charge in [0.25, 0.3) is 0 Å². The molecule has 0 unspecified atom stereocenters. The molecule has 2 saturated heterocycles. The lowest BCUT2D eigenvalue weighted by atomic mass is 10.1. The zero-order valence-electron chi connectivity index (χ0n) is 7.78. The van der Waals surface area contributed by atoms with Gasteiger partial charge in [0, 0.05) is 32.6 Å². The highest BCUT2D eigenvalue weighted by molar-refractivity contribution is 5.78. The van der Waals surface area contributed by atoms with Gasteiger partial charge in [-0.25, -0.2) is 0 Å². The van der Waals surface area contributed by atoms with Gasteiger partial charge >= 0.3 is 0 Å². The van der Waals surface area contributed by atoms with E-state index in [1.54, 1.807) is 0 Å². The summed E-state index contributed by atoms with van der Waals surface area (Å²) in [7, 11) is 0. The molecule has 0 aromatic carbocycles. The molecule has 2 fully saturated rings. The summed E-state index contributed by atoms with van der Waals surface area (Å²) in [5.41, 5.74) is 0. The Bertz CT molecular complexity index is 202. The van der Waals surface area contributed by atoms with Crippen LogP contribution in [0.4, 0.5) is 0 Å². The third-order valence-electron chi connectivity index (χ3n) is 2.90. The standard InChI is InChI=1S/C9H16N2O2/c12-5-4-10-6-8(7-10)11-3-1-2-9(11)13/h8,12H,1-7H2. The van der Waals surface area contributed by atoms with Crippen molar-refractivity contribution in [3.05, 3.63) is 0 Å². The van der Waals surface area contributed by atoms with Crippen molar-refractivity contribution >= 4 is 5.91 Å². The lowest BCUT2D eigenvalue weighted by molar-refractivity contribution is -0.132. The normalized spacial score (nSPS) is 25.3. The second-order valence-electron chi connectivity index (χ2n) is 3.83. The molecule has 4 heteroatoms. The van der Waals surface area contributed by atoms with Gasteiger partial charge in [-0.2, -0.15) is 0 Å². The molecule has 0 aromatic rings. The fraction of sp³-hybridized carbons (Fsp3) is 0.889. The maximum absolute atomic E-state index is 11.3. The van der Waals surface area contributed by atoms with Crippen molar-refractivity contribution in [2.24, 2.45) is 0 Å². The van der Waals surface area contributed by atoms with Crippen molar-refractivity contribution < 1.29 is 9.90 Å². The first-order chi connectivity index (χ1) is 6.31. The van der Waals surface area contributed by atoms with Gasteiger partial charge < -0.3 is 10.0 Å². The largest absolute Gasteiger partial charge is 0.395 e. The van der Waals surface area contributed by atoms with Crippen molar-refractivity contribution in [3.63, 3.8) is 0 Å². The quantitative estimate of drug-likeness (QED) is 0.630. The molecular formula is C9H16N2O2. The maximum atomic E-state index is 11.3. The summed E-state index contributed by atoms with van der Waals surface area (Å²) in [5.74, 6) is 0.314. The molecule has 0 aliphatic carbocycles. The third-order valence-corrected chi connectivity index (χ3v) is 2.90. The van der Waals surface area contributed by atoms with Gasteiger partial charge in [0.2, 0.25) is 5.91 Å². The summed E-state index contributed by atoms with van der Waals surface area (Å²) < 4.78 is 0.